The zero-order valence-electron chi connectivity index (χ0n) is 20.3. The zero-order valence-corrected chi connectivity index (χ0v) is 20.3. The molecule has 2 unspecified atom stereocenters. The van der Waals surface area contributed by atoms with E-state index in [9.17, 15) is 14.7 Å². The first kappa shape index (κ1) is 24.8. The number of benzene rings is 1. The Morgan fingerprint density at radius 3 is 2.69 bits per heavy atom. The number of nitrogens with two attached hydrogens (primary N) is 1. The number of rotatable bonds is 7. The van der Waals surface area contributed by atoms with E-state index < -0.39 is 5.91 Å². The first-order valence-corrected chi connectivity index (χ1v) is 12.3. The molecule has 8 heteroatoms. The second kappa shape index (κ2) is 11.0. The fraction of sp³-hybridized carbons (Fsp3) is 0.519. The van der Waals surface area contributed by atoms with Crippen LogP contribution in [0.15, 0.2) is 18.3 Å². The maximum absolute atomic E-state index is 12.1. The van der Waals surface area contributed by atoms with Gasteiger partial charge in [-0.3, -0.25) is 9.59 Å². The molecule has 1 saturated heterocycles. The van der Waals surface area contributed by atoms with Crippen LogP contribution in [-0.4, -0.2) is 48.3 Å². The maximum atomic E-state index is 12.1. The first-order valence-electron chi connectivity index (χ1n) is 12.3. The molecular weight excluding hydrogens is 446 g/mol. The van der Waals surface area contributed by atoms with E-state index in [0.717, 1.165) is 32.1 Å². The van der Waals surface area contributed by atoms with E-state index in [1.807, 2.05) is 0 Å². The standard InChI is InChI=1S/C27H33N3O5/c1-3-18-10-25(32)30-23(18)15-35-27-21-12-24(34-2)22(26(28)33)11-20(21)19(13-29-27)9-8-16-4-6-17(14-31)7-5-16/h11-13,16-18,23,31H,3-7,10,14-15H2,1-2H3,(H2,28,33)(H,30,32). The van der Waals surface area contributed by atoms with E-state index in [0.29, 0.717) is 46.9 Å². The summed E-state index contributed by atoms with van der Waals surface area (Å²) in [4.78, 5) is 28.5. The van der Waals surface area contributed by atoms with Crippen LogP contribution in [0.1, 0.15) is 61.4 Å². The van der Waals surface area contributed by atoms with Crippen LogP contribution in [0, 0.1) is 29.6 Å². The summed E-state index contributed by atoms with van der Waals surface area (Å²) in [5.74, 6) is 7.63. The number of carbonyl (C=O) groups is 2. The number of hydrogen-bond acceptors (Lipinski definition) is 6. The molecule has 0 radical (unpaired) electrons. The van der Waals surface area contributed by atoms with Gasteiger partial charge in [-0.05, 0) is 49.7 Å². The Hall–Kier alpha value is -3.31. The number of nitrogens with one attached hydrogen (secondary N) is 1. The Balaban J connectivity index is 1.67. The Morgan fingerprint density at radius 1 is 1.26 bits per heavy atom. The fourth-order valence-corrected chi connectivity index (χ4v) is 5.03. The van der Waals surface area contributed by atoms with Crippen LogP contribution in [0.4, 0.5) is 0 Å². The molecule has 186 valence electrons. The topological polar surface area (TPSA) is 124 Å². The molecule has 1 aliphatic carbocycles. The van der Waals surface area contributed by atoms with Crippen molar-refractivity contribution in [1.82, 2.24) is 10.3 Å². The van der Waals surface area contributed by atoms with E-state index >= 15 is 0 Å². The summed E-state index contributed by atoms with van der Waals surface area (Å²) in [6.07, 6.45) is 6.90. The van der Waals surface area contributed by atoms with Gasteiger partial charge in [-0.15, -0.1) is 0 Å². The average Bonchev–Trinajstić information content (AvgIpc) is 3.25. The number of amides is 2. The van der Waals surface area contributed by atoms with Gasteiger partial charge in [0.15, 0.2) is 0 Å². The summed E-state index contributed by atoms with van der Waals surface area (Å²) in [5.41, 5.74) is 6.55. The molecule has 2 atom stereocenters. The van der Waals surface area contributed by atoms with Gasteiger partial charge in [-0.25, -0.2) is 4.98 Å². The third-order valence-electron chi connectivity index (χ3n) is 7.24. The van der Waals surface area contributed by atoms with E-state index in [-0.39, 0.29) is 36.0 Å². The molecule has 2 heterocycles. The molecule has 4 N–H and O–H groups in total. The highest BCUT2D eigenvalue weighted by molar-refractivity contribution is 6.03. The smallest absolute Gasteiger partial charge is 0.252 e. The monoisotopic (exact) mass is 479 g/mol. The van der Waals surface area contributed by atoms with Gasteiger partial charge in [-0.2, -0.15) is 0 Å². The predicted molar refractivity (Wildman–Crippen MR) is 132 cm³/mol. The maximum Gasteiger partial charge on any atom is 0.252 e. The number of ether oxygens (including phenoxy) is 2. The highest BCUT2D eigenvalue weighted by atomic mass is 16.5. The van der Waals surface area contributed by atoms with Gasteiger partial charge in [0.2, 0.25) is 11.8 Å². The van der Waals surface area contributed by atoms with Crippen LogP contribution in [0.5, 0.6) is 11.6 Å². The van der Waals surface area contributed by atoms with Crippen LogP contribution in [-0.2, 0) is 4.79 Å². The molecule has 1 aromatic heterocycles. The van der Waals surface area contributed by atoms with Crippen molar-refractivity contribution >= 4 is 22.6 Å². The number of primary amides is 1. The Morgan fingerprint density at radius 2 is 2.03 bits per heavy atom. The van der Waals surface area contributed by atoms with Crippen molar-refractivity contribution < 1.29 is 24.2 Å². The molecule has 1 aromatic carbocycles. The molecule has 1 aliphatic heterocycles. The molecule has 35 heavy (non-hydrogen) atoms. The SMILES string of the molecule is CCC1CC(=O)NC1COc1ncc(C#CC2CCC(CO)CC2)c2cc(C(N)=O)c(OC)cc12. The predicted octanol–water partition coefficient (Wildman–Crippen LogP) is 2.79. The van der Waals surface area contributed by atoms with Gasteiger partial charge < -0.3 is 25.6 Å². The Kier molecular flexibility index (Phi) is 7.76. The number of nitrogens with zero attached hydrogens (tertiary/aromatic N) is 1. The largest absolute Gasteiger partial charge is 0.496 e. The minimum absolute atomic E-state index is 0.0367. The van der Waals surface area contributed by atoms with Crippen molar-refractivity contribution in [2.45, 2.75) is 51.5 Å². The number of methoxy groups -OCH3 is 1. The highest BCUT2D eigenvalue weighted by Crippen LogP contribution is 2.34. The highest BCUT2D eigenvalue weighted by Gasteiger charge is 2.31. The third kappa shape index (κ3) is 5.51. The van der Waals surface area contributed by atoms with E-state index in [2.05, 4.69) is 29.1 Å². The van der Waals surface area contributed by atoms with Crippen molar-refractivity contribution in [3.05, 3.63) is 29.5 Å². The van der Waals surface area contributed by atoms with Gasteiger partial charge in [0.1, 0.15) is 12.4 Å². The number of carbonyl (C=O) groups excluding carboxylic acids is 2. The first-order chi connectivity index (χ1) is 16.9. The number of fused-ring (bicyclic) bond motifs is 1. The summed E-state index contributed by atoms with van der Waals surface area (Å²) < 4.78 is 11.5. The van der Waals surface area contributed by atoms with Crippen LogP contribution in [0.3, 0.4) is 0 Å². The lowest BCUT2D eigenvalue weighted by Crippen LogP contribution is -2.34. The van der Waals surface area contributed by atoms with Crippen LogP contribution >= 0.6 is 0 Å². The molecule has 0 bridgehead atoms. The molecule has 1 saturated carbocycles. The minimum Gasteiger partial charge on any atom is -0.496 e. The van der Waals surface area contributed by atoms with Gasteiger partial charge in [-0.1, -0.05) is 25.2 Å². The molecule has 4 rings (SSSR count). The van der Waals surface area contributed by atoms with Crippen molar-refractivity contribution in [2.24, 2.45) is 23.5 Å². The minimum atomic E-state index is -0.594. The summed E-state index contributed by atoms with van der Waals surface area (Å²) in [7, 11) is 1.48. The Bertz CT molecular complexity index is 1160. The van der Waals surface area contributed by atoms with Crippen molar-refractivity contribution in [3.8, 4) is 23.5 Å². The van der Waals surface area contributed by atoms with Crippen LogP contribution in [0.2, 0.25) is 0 Å². The second-order valence-electron chi connectivity index (χ2n) is 9.47. The molecule has 2 aromatic rings. The number of aromatic nitrogens is 1. The van der Waals surface area contributed by atoms with Crippen molar-refractivity contribution in [1.29, 1.82) is 0 Å². The van der Waals surface area contributed by atoms with Crippen molar-refractivity contribution in [2.75, 3.05) is 20.3 Å². The van der Waals surface area contributed by atoms with Crippen LogP contribution in [0.25, 0.3) is 10.8 Å². The van der Waals surface area contributed by atoms with Gasteiger partial charge in [0.25, 0.3) is 5.91 Å². The lowest BCUT2D eigenvalue weighted by atomic mass is 9.82. The molecule has 8 nitrogen and oxygen atoms in total. The number of pyridine rings is 1. The average molecular weight is 480 g/mol. The van der Waals surface area contributed by atoms with E-state index in [4.69, 9.17) is 15.2 Å². The zero-order chi connectivity index (χ0) is 24.9. The fourth-order valence-electron chi connectivity index (χ4n) is 5.03. The van der Waals surface area contributed by atoms with Gasteiger partial charge >= 0.3 is 0 Å². The summed E-state index contributed by atoms with van der Waals surface area (Å²) in [5, 5.41) is 13.7. The number of hydrogen-bond donors (Lipinski definition) is 3. The van der Waals surface area contributed by atoms with E-state index in [1.54, 1.807) is 18.3 Å². The summed E-state index contributed by atoms with van der Waals surface area (Å²) in [6.45, 7) is 2.59. The lowest BCUT2D eigenvalue weighted by Gasteiger charge is -2.23. The van der Waals surface area contributed by atoms with Crippen molar-refractivity contribution in [3.63, 3.8) is 0 Å². The second-order valence-corrected chi connectivity index (χ2v) is 9.47. The Labute approximate surface area is 205 Å². The molecular formula is C27H33N3O5. The number of aliphatic hydroxyl groups excluding tert-OH is 1. The molecule has 0 spiro atoms. The normalized spacial score (nSPS) is 23.9. The summed E-state index contributed by atoms with van der Waals surface area (Å²) >= 11 is 0. The van der Waals surface area contributed by atoms with Gasteiger partial charge in [0.05, 0.1) is 24.3 Å². The third-order valence-corrected chi connectivity index (χ3v) is 7.24. The quantitative estimate of drug-likeness (QED) is 0.525. The number of aliphatic hydroxyl groups is 1. The molecule has 2 fully saturated rings. The van der Waals surface area contributed by atoms with Crippen LogP contribution < -0.4 is 20.5 Å². The summed E-state index contributed by atoms with van der Waals surface area (Å²) in [6, 6.07) is 3.31. The van der Waals surface area contributed by atoms with Gasteiger partial charge in [0, 0.05) is 35.9 Å². The molecule has 2 amide bonds. The van der Waals surface area contributed by atoms with E-state index in [1.165, 1.54) is 7.11 Å². The molecule has 2 aliphatic rings. The lowest BCUT2D eigenvalue weighted by molar-refractivity contribution is -0.119.